The smallest absolute Gasteiger partial charge is 0.318 e. The van der Waals surface area contributed by atoms with Gasteiger partial charge in [-0.25, -0.2) is 4.79 Å². The van der Waals surface area contributed by atoms with E-state index in [0.29, 0.717) is 23.0 Å². The summed E-state index contributed by atoms with van der Waals surface area (Å²) in [6, 6.07) is 3.88. The predicted molar refractivity (Wildman–Crippen MR) is 75.4 cm³/mol. The molecule has 0 bridgehead atoms. The van der Waals surface area contributed by atoms with Gasteiger partial charge in [-0.3, -0.25) is 10.1 Å². The van der Waals surface area contributed by atoms with E-state index in [1.54, 1.807) is 19.1 Å². The maximum Gasteiger partial charge on any atom is 0.318 e. The van der Waals surface area contributed by atoms with Gasteiger partial charge in [0.2, 0.25) is 5.91 Å². The van der Waals surface area contributed by atoms with Crippen molar-refractivity contribution < 1.29 is 9.59 Å². The van der Waals surface area contributed by atoms with Gasteiger partial charge < -0.3 is 11.1 Å². The molecule has 1 atom stereocenters. The quantitative estimate of drug-likeness (QED) is 0.774. The summed E-state index contributed by atoms with van der Waals surface area (Å²) in [5.41, 5.74) is 5.79. The minimum absolute atomic E-state index is 0.463. The SMILES string of the molecule is CC(NCCc1ccc(Cl)cc1Cl)C(=O)NC(N)=O. The molecule has 1 aromatic rings. The van der Waals surface area contributed by atoms with Crippen LogP contribution in [0.25, 0.3) is 0 Å². The number of rotatable bonds is 5. The van der Waals surface area contributed by atoms with Crippen LogP contribution >= 0.6 is 23.2 Å². The topological polar surface area (TPSA) is 84.2 Å². The Hall–Kier alpha value is -1.30. The molecule has 1 aromatic carbocycles. The molecule has 104 valence electrons. The third kappa shape index (κ3) is 5.46. The van der Waals surface area contributed by atoms with Crippen LogP contribution < -0.4 is 16.4 Å². The van der Waals surface area contributed by atoms with Crippen LogP contribution in [-0.4, -0.2) is 24.5 Å². The van der Waals surface area contributed by atoms with E-state index in [-0.39, 0.29) is 0 Å². The lowest BCUT2D eigenvalue weighted by Gasteiger charge is -2.12. The summed E-state index contributed by atoms with van der Waals surface area (Å²) in [5.74, 6) is -0.463. The second-order valence-corrected chi connectivity index (χ2v) is 4.86. The minimum atomic E-state index is -0.862. The molecule has 0 heterocycles. The maximum absolute atomic E-state index is 11.4. The highest BCUT2D eigenvalue weighted by Crippen LogP contribution is 2.20. The number of carbonyl (C=O) groups is 2. The Morgan fingerprint density at radius 3 is 2.63 bits per heavy atom. The molecule has 7 heteroatoms. The Morgan fingerprint density at radius 1 is 1.37 bits per heavy atom. The zero-order valence-electron chi connectivity index (χ0n) is 10.4. The number of imide groups is 1. The molecule has 0 aliphatic rings. The molecule has 1 unspecified atom stereocenters. The summed E-state index contributed by atoms with van der Waals surface area (Å²) < 4.78 is 0. The van der Waals surface area contributed by atoms with Crippen LogP contribution in [0.1, 0.15) is 12.5 Å². The highest BCUT2D eigenvalue weighted by Gasteiger charge is 2.13. The van der Waals surface area contributed by atoms with E-state index in [0.717, 1.165) is 5.56 Å². The molecule has 0 saturated heterocycles. The standard InChI is InChI=1S/C12H15Cl2N3O2/c1-7(11(18)17-12(15)19)16-5-4-8-2-3-9(13)6-10(8)14/h2-3,6-7,16H,4-5H2,1H3,(H3,15,17,18,19). The highest BCUT2D eigenvalue weighted by molar-refractivity contribution is 6.35. The fourth-order valence-corrected chi connectivity index (χ4v) is 1.97. The molecule has 0 radical (unpaired) electrons. The van der Waals surface area contributed by atoms with Gasteiger partial charge in [0.25, 0.3) is 0 Å². The van der Waals surface area contributed by atoms with Gasteiger partial charge in [-0.1, -0.05) is 29.3 Å². The number of amides is 3. The van der Waals surface area contributed by atoms with Gasteiger partial charge in [-0.2, -0.15) is 0 Å². The second kappa shape index (κ2) is 7.33. The lowest BCUT2D eigenvalue weighted by Crippen LogP contribution is -2.46. The first-order valence-corrected chi connectivity index (χ1v) is 6.43. The average Bonchev–Trinajstić information content (AvgIpc) is 2.30. The molecular formula is C12H15Cl2N3O2. The largest absolute Gasteiger partial charge is 0.351 e. The van der Waals surface area contributed by atoms with Crippen LogP contribution in [0.15, 0.2) is 18.2 Å². The van der Waals surface area contributed by atoms with Crippen LogP contribution in [-0.2, 0) is 11.2 Å². The average molecular weight is 304 g/mol. The van der Waals surface area contributed by atoms with E-state index in [1.807, 2.05) is 11.4 Å². The number of hydrogen-bond acceptors (Lipinski definition) is 3. The third-order valence-electron chi connectivity index (χ3n) is 2.50. The first-order chi connectivity index (χ1) is 8.90. The summed E-state index contributed by atoms with van der Waals surface area (Å²) in [7, 11) is 0. The molecule has 0 aliphatic carbocycles. The fraction of sp³-hybridized carbons (Fsp3) is 0.333. The van der Waals surface area contributed by atoms with Crippen LogP contribution in [0.4, 0.5) is 4.79 Å². The summed E-state index contributed by atoms with van der Waals surface area (Å²) >= 11 is 11.8. The van der Waals surface area contributed by atoms with Gasteiger partial charge in [-0.15, -0.1) is 0 Å². The molecule has 0 saturated carbocycles. The number of nitrogens with one attached hydrogen (secondary N) is 2. The van der Waals surface area contributed by atoms with Crippen LogP contribution in [0.3, 0.4) is 0 Å². The van der Waals surface area contributed by atoms with Crippen molar-refractivity contribution in [1.29, 1.82) is 0 Å². The number of halogens is 2. The molecule has 5 nitrogen and oxygen atoms in total. The lowest BCUT2D eigenvalue weighted by atomic mass is 10.1. The Bertz CT molecular complexity index is 480. The van der Waals surface area contributed by atoms with Crippen molar-refractivity contribution in [3.63, 3.8) is 0 Å². The Balaban J connectivity index is 2.41. The van der Waals surface area contributed by atoms with Crippen LogP contribution in [0.2, 0.25) is 10.0 Å². The molecule has 0 aromatic heterocycles. The van der Waals surface area contributed by atoms with Crippen molar-refractivity contribution in [2.24, 2.45) is 5.73 Å². The number of carbonyl (C=O) groups excluding carboxylic acids is 2. The Kier molecular flexibility index (Phi) is 6.08. The minimum Gasteiger partial charge on any atom is -0.351 e. The molecule has 0 spiro atoms. The van der Waals surface area contributed by atoms with Crippen LogP contribution in [0.5, 0.6) is 0 Å². The molecule has 4 N–H and O–H groups in total. The van der Waals surface area contributed by atoms with Crippen molar-refractivity contribution in [2.75, 3.05) is 6.54 Å². The monoisotopic (exact) mass is 303 g/mol. The van der Waals surface area contributed by atoms with Gasteiger partial charge in [-0.05, 0) is 37.6 Å². The summed E-state index contributed by atoms with van der Waals surface area (Å²) in [5, 5.41) is 6.14. The highest BCUT2D eigenvalue weighted by atomic mass is 35.5. The normalized spacial score (nSPS) is 11.9. The zero-order valence-corrected chi connectivity index (χ0v) is 11.9. The first kappa shape index (κ1) is 15.8. The zero-order chi connectivity index (χ0) is 14.4. The predicted octanol–water partition coefficient (Wildman–Crippen LogP) is 1.71. The number of nitrogens with two attached hydrogens (primary N) is 1. The Labute approximate surface area is 121 Å². The van der Waals surface area contributed by atoms with E-state index in [9.17, 15) is 9.59 Å². The Morgan fingerprint density at radius 2 is 2.05 bits per heavy atom. The maximum atomic E-state index is 11.4. The van der Waals surface area contributed by atoms with E-state index in [2.05, 4.69) is 5.32 Å². The molecular weight excluding hydrogens is 289 g/mol. The van der Waals surface area contributed by atoms with E-state index < -0.39 is 18.0 Å². The van der Waals surface area contributed by atoms with Crippen molar-refractivity contribution in [3.8, 4) is 0 Å². The molecule has 0 aliphatic heterocycles. The van der Waals surface area contributed by atoms with Crippen molar-refractivity contribution in [3.05, 3.63) is 33.8 Å². The third-order valence-corrected chi connectivity index (χ3v) is 3.09. The van der Waals surface area contributed by atoms with Gasteiger partial charge in [0.1, 0.15) is 0 Å². The summed E-state index contributed by atoms with van der Waals surface area (Å²) in [4.78, 5) is 21.9. The molecule has 19 heavy (non-hydrogen) atoms. The lowest BCUT2D eigenvalue weighted by molar-refractivity contribution is -0.121. The summed E-state index contributed by atoms with van der Waals surface area (Å²) in [6.07, 6.45) is 0.643. The molecule has 1 rings (SSSR count). The number of urea groups is 1. The second-order valence-electron chi connectivity index (χ2n) is 4.02. The first-order valence-electron chi connectivity index (χ1n) is 5.67. The fourth-order valence-electron chi connectivity index (χ4n) is 1.47. The molecule has 0 fully saturated rings. The van der Waals surface area contributed by atoms with E-state index in [1.165, 1.54) is 0 Å². The number of benzene rings is 1. The van der Waals surface area contributed by atoms with Crippen molar-refractivity contribution in [1.82, 2.24) is 10.6 Å². The van der Waals surface area contributed by atoms with Gasteiger partial charge in [0, 0.05) is 10.0 Å². The van der Waals surface area contributed by atoms with Crippen molar-refractivity contribution in [2.45, 2.75) is 19.4 Å². The molecule has 3 amide bonds. The van der Waals surface area contributed by atoms with Crippen LogP contribution in [0, 0.1) is 0 Å². The number of hydrogen-bond donors (Lipinski definition) is 3. The number of primary amides is 1. The van der Waals surface area contributed by atoms with Crippen molar-refractivity contribution >= 4 is 35.1 Å². The summed E-state index contributed by atoms with van der Waals surface area (Å²) in [6.45, 7) is 2.18. The van der Waals surface area contributed by atoms with Gasteiger partial charge in [0.05, 0.1) is 6.04 Å². The van der Waals surface area contributed by atoms with E-state index in [4.69, 9.17) is 28.9 Å². The van der Waals surface area contributed by atoms with E-state index >= 15 is 0 Å². The van der Waals surface area contributed by atoms with Gasteiger partial charge >= 0.3 is 6.03 Å². The van der Waals surface area contributed by atoms with Gasteiger partial charge in [0.15, 0.2) is 0 Å².